The maximum absolute atomic E-state index is 12.5. The number of phenolic OH excluding ortho intramolecular Hbond substituents is 1. The van der Waals surface area contributed by atoms with Crippen LogP contribution in [0.1, 0.15) is 11.1 Å². The van der Waals surface area contributed by atoms with Gasteiger partial charge >= 0.3 is 6.18 Å². The van der Waals surface area contributed by atoms with Crippen LogP contribution >= 0.6 is 11.6 Å². The van der Waals surface area contributed by atoms with Gasteiger partial charge in [-0.05, 0) is 25.1 Å². The van der Waals surface area contributed by atoms with Crippen LogP contribution < -0.4 is 4.74 Å². The molecular formula is C13H9ClF3NO2. The number of halogens is 4. The number of alkyl halides is 3. The van der Waals surface area contributed by atoms with Crippen LogP contribution in [0.25, 0.3) is 0 Å². The number of aromatic nitrogens is 1. The number of rotatable bonds is 2. The van der Waals surface area contributed by atoms with Crippen molar-refractivity contribution in [2.24, 2.45) is 0 Å². The highest BCUT2D eigenvalue weighted by Crippen LogP contribution is 2.36. The second-order valence-electron chi connectivity index (χ2n) is 4.01. The first-order valence-electron chi connectivity index (χ1n) is 5.48. The van der Waals surface area contributed by atoms with Crippen molar-refractivity contribution in [1.29, 1.82) is 0 Å². The summed E-state index contributed by atoms with van der Waals surface area (Å²) >= 11 is 5.73. The van der Waals surface area contributed by atoms with E-state index < -0.39 is 11.7 Å². The molecule has 3 nitrogen and oxygen atoms in total. The molecule has 0 unspecified atom stereocenters. The van der Waals surface area contributed by atoms with Gasteiger partial charge in [0.15, 0.2) is 0 Å². The molecule has 0 amide bonds. The molecule has 0 bridgehead atoms. The fourth-order valence-electron chi connectivity index (χ4n) is 1.47. The third kappa shape index (κ3) is 2.96. The largest absolute Gasteiger partial charge is 0.508 e. The van der Waals surface area contributed by atoms with Gasteiger partial charge in [0.2, 0.25) is 5.88 Å². The maximum Gasteiger partial charge on any atom is 0.417 e. The Morgan fingerprint density at radius 3 is 2.60 bits per heavy atom. The van der Waals surface area contributed by atoms with Crippen molar-refractivity contribution in [1.82, 2.24) is 4.98 Å². The van der Waals surface area contributed by atoms with Gasteiger partial charge in [0.05, 0.1) is 5.56 Å². The molecule has 0 aliphatic rings. The van der Waals surface area contributed by atoms with Crippen LogP contribution in [0.15, 0.2) is 30.5 Å². The molecular weight excluding hydrogens is 295 g/mol. The molecule has 0 fully saturated rings. The molecule has 0 aliphatic carbocycles. The number of aromatic hydroxyl groups is 1. The lowest BCUT2D eigenvalue weighted by atomic mass is 10.2. The Morgan fingerprint density at radius 1 is 1.30 bits per heavy atom. The summed E-state index contributed by atoms with van der Waals surface area (Å²) in [6.07, 6.45) is -3.88. The highest BCUT2D eigenvalue weighted by molar-refractivity contribution is 6.31. The van der Waals surface area contributed by atoms with Gasteiger partial charge in [-0.2, -0.15) is 13.2 Å². The van der Waals surface area contributed by atoms with Crippen molar-refractivity contribution in [3.8, 4) is 17.4 Å². The molecule has 0 spiro atoms. The first-order valence-corrected chi connectivity index (χ1v) is 5.86. The molecule has 1 N–H and O–H groups in total. The van der Waals surface area contributed by atoms with E-state index in [-0.39, 0.29) is 22.4 Å². The highest BCUT2D eigenvalue weighted by atomic mass is 35.5. The minimum Gasteiger partial charge on any atom is -0.508 e. The average molecular weight is 304 g/mol. The summed E-state index contributed by atoms with van der Waals surface area (Å²) in [5.74, 6) is 0.109. The molecule has 0 saturated carbocycles. The molecule has 2 aromatic rings. The molecule has 1 aromatic carbocycles. The molecule has 2 rings (SSSR count). The summed E-state index contributed by atoms with van der Waals surface area (Å²) in [5, 5.41) is 9.25. The average Bonchev–Trinajstić information content (AvgIpc) is 2.36. The zero-order valence-corrected chi connectivity index (χ0v) is 11.0. The van der Waals surface area contributed by atoms with E-state index in [0.29, 0.717) is 11.8 Å². The number of benzene rings is 1. The fraction of sp³-hybridized carbons (Fsp3) is 0.154. The molecule has 0 radical (unpaired) electrons. The predicted molar refractivity (Wildman–Crippen MR) is 67.2 cm³/mol. The van der Waals surface area contributed by atoms with Crippen molar-refractivity contribution < 1.29 is 23.0 Å². The van der Waals surface area contributed by atoms with Crippen LogP contribution in [0.5, 0.6) is 17.4 Å². The second-order valence-corrected chi connectivity index (χ2v) is 4.42. The van der Waals surface area contributed by atoms with E-state index in [0.717, 1.165) is 6.07 Å². The van der Waals surface area contributed by atoms with Gasteiger partial charge in [-0.25, -0.2) is 4.98 Å². The van der Waals surface area contributed by atoms with Crippen molar-refractivity contribution in [3.05, 3.63) is 46.6 Å². The number of nitrogens with zero attached hydrogens (tertiary/aromatic N) is 1. The van der Waals surface area contributed by atoms with E-state index in [1.807, 2.05) is 0 Å². The number of phenols is 1. The number of hydrogen-bond donors (Lipinski definition) is 1. The van der Waals surface area contributed by atoms with Crippen LogP contribution in [0.2, 0.25) is 5.02 Å². The Labute approximate surface area is 117 Å². The van der Waals surface area contributed by atoms with E-state index in [9.17, 15) is 18.3 Å². The topological polar surface area (TPSA) is 42.4 Å². The zero-order valence-electron chi connectivity index (χ0n) is 10.2. The van der Waals surface area contributed by atoms with E-state index in [1.165, 1.54) is 12.1 Å². The Balaban J connectivity index is 2.33. The lowest BCUT2D eigenvalue weighted by Gasteiger charge is -2.11. The first-order chi connectivity index (χ1) is 9.29. The summed E-state index contributed by atoms with van der Waals surface area (Å²) in [5.41, 5.74) is -0.521. The standard InChI is InChI=1S/C13H9ClF3NO2/c1-7-10(19)3-2-4-11(7)20-12-9(14)5-8(6-18-12)13(15,16)17/h2-6,19H,1H3. The van der Waals surface area contributed by atoms with Crippen LogP contribution in [-0.4, -0.2) is 10.1 Å². The van der Waals surface area contributed by atoms with Crippen LogP contribution in [0.4, 0.5) is 13.2 Å². The SMILES string of the molecule is Cc1c(O)cccc1Oc1ncc(C(F)(F)F)cc1Cl. The third-order valence-corrected chi connectivity index (χ3v) is 2.87. The minimum atomic E-state index is -4.52. The van der Waals surface area contributed by atoms with Gasteiger partial charge in [0.1, 0.15) is 16.5 Å². The predicted octanol–water partition coefficient (Wildman–Crippen LogP) is 4.56. The van der Waals surface area contributed by atoms with Gasteiger partial charge in [-0.15, -0.1) is 0 Å². The van der Waals surface area contributed by atoms with Crippen LogP contribution in [-0.2, 0) is 6.18 Å². The summed E-state index contributed by atoms with van der Waals surface area (Å²) < 4.78 is 42.7. The van der Waals surface area contributed by atoms with Crippen LogP contribution in [0.3, 0.4) is 0 Å². The number of ether oxygens (including phenoxy) is 1. The van der Waals surface area contributed by atoms with Gasteiger partial charge in [-0.3, -0.25) is 0 Å². The van der Waals surface area contributed by atoms with Crippen molar-refractivity contribution in [3.63, 3.8) is 0 Å². The van der Waals surface area contributed by atoms with Crippen LogP contribution in [0, 0.1) is 6.92 Å². The monoisotopic (exact) mass is 303 g/mol. The maximum atomic E-state index is 12.5. The summed E-state index contributed by atoms with van der Waals surface area (Å²) in [6.45, 7) is 1.60. The summed E-state index contributed by atoms with van der Waals surface area (Å²) in [4.78, 5) is 3.55. The van der Waals surface area contributed by atoms with E-state index >= 15 is 0 Å². The van der Waals surface area contributed by atoms with E-state index in [2.05, 4.69) is 4.98 Å². The Bertz CT molecular complexity index is 644. The third-order valence-electron chi connectivity index (χ3n) is 2.60. The van der Waals surface area contributed by atoms with Gasteiger partial charge in [-0.1, -0.05) is 17.7 Å². The Hall–Kier alpha value is -1.95. The van der Waals surface area contributed by atoms with Crippen molar-refractivity contribution >= 4 is 11.6 Å². The lowest BCUT2D eigenvalue weighted by Crippen LogP contribution is -2.05. The highest BCUT2D eigenvalue weighted by Gasteiger charge is 2.31. The van der Waals surface area contributed by atoms with E-state index in [1.54, 1.807) is 13.0 Å². The Kier molecular flexibility index (Phi) is 3.76. The van der Waals surface area contributed by atoms with Gasteiger partial charge < -0.3 is 9.84 Å². The molecule has 106 valence electrons. The fourth-order valence-corrected chi connectivity index (χ4v) is 1.68. The summed E-state index contributed by atoms with van der Waals surface area (Å²) in [7, 11) is 0. The molecule has 0 aliphatic heterocycles. The van der Waals surface area contributed by atoms with Crippen molar-refractivity contribution in [2.45, 2.75) is 13.1 Å². The molecule has 20 heavy (non-hydrogen) atoms. The lowest BCUT2D eigenvalue weighted by molar-refractivity contribution is -0.137. The zero-order chi connectivity index (χ0) is 14.9. The number of hydrogen-bond acceptors (Lipinski definition) is 3. The molecule has 7 heteroatoms. The smallest absolute Gasteiger partial charge is 0.417 e. The van der Waals surface area contributed by atoms with Crippen molar-refractivity contribution in [2.75, 3.05) is 0 Å². The molecule has 1 aromatic heterocycles. The molecule has 0 atom stereocenters. The van der Waals surface area contributed by atoms with Gasteiger partial charge in [0, 0.05) is 11.8 Å². The molecule has 0 saturated heterocycles. The van der Waals surface area contributed by atoms with Gasteiger partial charge in [0.25, 0.3) is 0 Å². The first kappa shape index (κ1) is 14.5. The van der Waals surface area contributed by atoms with E-state index in [4.69, 9.17) is 16.3 Å². The quantitative estimate of drug-likeness (QED) is 0.884. The normalized spacial score (nSPS) is 11.4. The molecule has 1 heterocycles. The second kappa shape index (κ2) is 5.20. The minimum absolute atomic E-state index is 0.00512. The Morgan fingerprint density at radius 2 is 2.00 bits per heavy atom. The number of pyridine rings is 1. The summed E-state index contributed by atoms with van der Waals surface area (Å²) in [6, 6.07) is 5.28.